The van der Waals surface area contributed by atoms with E-state index in [4.69, 9.17) is 42.3 Å². The van der Waals surface area contributed by atoms with E-state index in [2.05, 4.69) is 10.3 Å². The van der Waals surface area contributed by atoms with Gasteiger partial charge in [-0.2, -0.15) is 0 Å². The zero-order chi connectivity index (χ0) is 33.5. The molecular formula is C29H34N2O15. The van der Waals surface area contributed by atoms with E-state index in [-0.39, 0.29) is 18.2 Å². The van der Waals surface area contributed by atoms with Gasteiger partial charge in [-0.1, -0.05) is 6.08 Å². The quantitative estimate of drug-likeness (QED) is 0.201. The van der Waals surface area contributed by atoms with Crippen molar-refractivity contribution < 1.29 is 71.1 Å². The number of ether oxygens (including phenoxy) is 8. The Hall–Kier alpha value is -4.77. The van der Waals surface area contributed by atoms with Gasteiger partial charge in [0.2, 0.25) is 12.6 Å². The van der Waals surface area contributed by atoms with Crippen LogP contribution in [0.15, 0.2) is 40.4 Å². The lowest BCUT2D eigenvalue weighted by molar-refractivity contribution is -0.342. The van der Waals surface area contributed by atoms with Crippen molar-refractivity contribution >= 4 is 41.8 Å². The molecule has 17 nitrogen and oxygen atoms in total. The van der Waals surface area contributed by atoms with E-state index >= 15 is 0 Å². The Kier molecular flexibility index (Phi) is 11.1. The molecule has 3 aliphatic rings. The van der Waals surface area contributed by atoms with E-state index < -0.39 is 91.2 Å². The maximum atomic E-state index is 13.2. The highest BCUT2D eigenvalue weighted by atomic mass is 16.8. The Morgan fingerprint density at radius 1 is 0.848 bits per heavy atom. The van der Waals surface area contributed by atoms with Crippen molar-refractivity contribution in [2.24, 2.45) is 11.8 Å². The topological polar surface area (TPSA) is 214 Å². The summed E-state index contributed by atoms with van der Waals surface area (Å²) in [5, 5.41) is 2.54. The fraction of sp³-hybridized carbons (Fsp3) is 0.552. The van der Waals surface area contributed by atoms with Crippen LogP contribution in [-0.2, 0) is 66.7 Å². The summed E-state index contributed by atoms with van der Waals surface area (Å²) in [5.41, 5.74) is 0.768. The van der Waals surface area contributed by atoms with Gasteiger partial charge in [-0.25, -0.2) is 4.98 Å². The maximum Gasteiger partial charge on any atom is 0.303 e. The minimum atomic E-state index is -1.56. The van der Waals surface area contributed by atoms with Crippen molar-refractivity contribution in [1.82, 2.24) is 4.98 Å². The zero-order valence-electron chi connectivity index (χ0n) is 25.6. The molecule has 0 radical (unpaired) electrons. The lowest BCUT2D eigenvalue weighted by Gasteiger charge is -2.45. The summed E-state index contributed by atoms with van der Waals surface area (Å²) in [7, 11) is 0. The van der Waals surface area contributed by atoms with Crippen molar-refractivity contribution in [3.8, 4) is 0 Å². The van der Waals surface area contributed by atoms with E-state index in [1.54, 1.807) is 6.08 Å². The number of esters is 5. The van der Waals surface area contributed by atoms with Crippen LogP contribution in [0.3, 0.4) is 0 Å². The number of oxazole rings is 1. The minimum absolute atomic E-state index is 0.0376. The molecule has 0 saturated carbocycles. The number of amides is 1. The molecule has 2 aliphatic heterocycles. The number of nitrogens with zero attached hydrogens (tertiary/aromatic N) is 1. The summed E-state index contributed by atoms with van der Waals surface area (Å²) in [4.78, 5) is 76.8. The van der Waals surface area contributed by atoms with Gasteiger partial charge in [0.25, 0.3) is 5.91 Å². The third-order valence-electron chi connectivity index (χ3n) is 7.09. The predicted molar refractivity (Wildman–Crippen MR) is 147 cm³/mol. The van der Waals surface area contributed by atoms with Crippen LogP contribution in [0.4, 0.5) is 6.01 Å². The van der Waals surface area contributed by atoms with E-state index in [1.165, 1.54) is 25.6 Å². The van der Waals surface area contributed by atoms with E-state index in [0.717, 1.165) is 27.7 Å². The summed E-state index contributed by atoms with van der Waals surface area (Å²) in [6.45, 7) is 5.08. The molecule has 8 atom stereocenters. The van der Waals surface area contributed by atoms with Crippen LogP contribution < -0.4 is 5.32 Å². The van der Waals surface area contributed by atoms with Crippen LogP contribution in [-0.4, -0.2) is 90.9 Å². The summed E-state index contributed by atoms with van der Waals surface area (Å²) < 4.78 is 50.0. The molecular weight excluding hydrogens is 616 g/mol. The van der Waals surface area contributed by atoms with Gasteiger partial charge in [0, 0.05) is 40.5 Å². The number of hydrogen-bond acceptors (Lipinski definition) is 16. The molecule has 0 bridgehead atoms. The number of carbonyl (C=O) groups excluding carboxylic acids is 6. The molecule has 1 fully saturated rings. The minimum Gasteiger partial charge on any atom is -0.471 e. The van der Waals surface area contributed by atoms with E-state index in [9.17, 15) is 28.8 Å². The molecule has 1 saturated heterocycles. The fourth-order valence-corrected chi connectivity index (χ4v) is 5.38. The Morgan fingerprint density at radius 3 is 2.11 bits per heavy atom. The number of allylic oxidation sites excluding steroid dienone is 1. The maximum absolute atomic E-state index is 13.2. The molecule has 17 heteroatoms. The summed E-state index contributed by atoms with van der Waals surface area (Å²) in [5.74, 6) is -5.49. The van der Waals surface area contributed by atoms with Gasteiger partial charge in [0.05, 0.1) is 23.9 Å². The Labute approximate surface area is 262 Å². The predicted octanol–water partition coefficient (Wildman–Crippen LogP) is 1.08. The molecule has 4 rings (SSSR count). The lowest BCUT2D eigenvalue weighted by Crippen LogP contribution is -2.63. The molecule has 3 heterocycles. The van der Waals surface area contributed by atoms with Crippen molar-refractivity contribution in [1.29, 1.82) is 0 Å². The average Bonchev–Trinajstić information content (AvgIpc) is 3.63. The van der Waals surface area contributed by atoms with Gasteiger partial charge in [-0.05, 0) is 12.0 Å². The van der Waals surface area contributed by atoms with Crippen molar-refractivity contribution in [3.63, 3.8) is 0 Å². The highest BCUT2D eigenvalue weighted by molar-refractivity contribution is 6.03. The molecule has 250 valence electrons. The average molecular weight is 651 g/mol. The second kappa shape index (κ2) is 15.0. The first-order chi connectivity index (χ1) is 21.8. The number of anilines is 1. The van der Waals surface area contributed by atoms with E-state index in [0.29, 0.717) is 12.0 Å². The molecule has 0 aromatic carbocycles. The molecule has 1 amide bonds. The Morgan fingerprint density at radius 2 is 1.50 bits per heavy atom. The van der Waals surface area contributed by atoms with Crippen LogP contribution in [0.2, 0.25) is 0 Å². The van der Waals surface area contributed by atoms with Crippen LogP contribution in [0, 0.1) is 11.8 Å². The monoisotopic (exact) mass is 650 g/mol. The normalized spacial score (nSPS) is 28.3. The second-order valence-electron chi connectivity index (χ2n) is 10.5. The van der Waals surface area contributed by atoms with Gasteiger partial charge >= 0.3 is 35.9 Å². The van der Waals surface area contributed by atoms with Gasteiger partial charge in [0.15, 0.2) is 18.3 Å². The third-order valence-corrected chi connectivity index (χ3v) is 7.09. The van der Waals surface area contributed by atoms with Crippen LogP contribution >= 0.6 is 0 Å². The molecule has 0 spiro atoms. The molecule has 46 heavy (non-hydrogen) atoms. The van der Waals surface area contributed by atoms with Gasteiger partial charge in [0.1, 0.15) is 25.6 Å². The molecule has 1 aromatic heterocycles. The number of nitrogens with one attached hydrogen (secondary N) is 1. The second-order valence-corrected chi connectivity index (χ2v) is 10.5. The SMILES string of the molecule is CC(=O)OCC1=CC[C@@H]2C(C(=O)Nc3ncco3)=COC(O[C@@H]3O[C@H](COC(C)=O)[C@@H](OC(C)=O)[C@H](OC(C)=O)[C@H]3OC(C)=O)[C@H]12. The largest absolute Gasteiger partial charge is 0.471 e. The number of aromatic nitrogens is 1. The summed E-state index contributed by atoms with van der Waals surface area (Å²) in [6.07, 6.45) is -2.48. The van der Waals surface area contributed by atoms with Crippen molar-refractivity contribution in [3.05, 3.63) is 35.9 Å². The smallest absolute Gasteiger partial charge is 0.303 e. The number of rotatable bonds is 11. The first-order valence-corrected chi connectivity index (χ1v) is 14.2. The van der Waals surface area contributed by atoms with Gasteiger partial charge < -0.3 is 42.3 Å². The third kappa shape index (κ3) is 8.48. The summed E-state index contributed by atoms with van der Waals surface area (Å²) >= 11 is 0. The highest BCUT2D eigenvalue weighted by Crippen LogP contribution is 2.45. The molecule has 1 N–H and O–H groups in total. The molecule has 1 aromatic rings. The molecule has 1 aliphatic carbocycles. The number of hydrogen-bond donors (Lipinski definition) is 1. The summed E-state index contributed by atoms with van der Waals surface area (Å²) in [6, 6.07) is -0.0376. The van der Waals surface area contributed by atoms with Crippen molar-refractivity contribution in [2.75, 3.05) is 18.5 Å². The highest BCUT2D eigenvalue weighted by Gasteiger charge is 2.55. The first kappa shape index (κ1) is 34.1. The first-order valence-electron chi connectivity index (χ1n) is 14.2. The Balaban J connectivity index is 1.68. The van der Waals surface area contributed by atoms with Crippen LogP contribution in [0.1, 0.15) is 41.0 Å². The Bertz CT molecular complexity index is 1390. The van der Waals surface area contributed by atoms with Gasteiger partial charge in [-0.3, -0.25) is 34.1 Å². The number of fused-ring (bicyclic) bond motifs is 1. The fourth-order valence-electron chi connectivity index (χ4n) is 5.38. The van der Waals surface area contributed by atoms with Crippen LogP contribution in [0.25, 0.3) is 0 Å². The number of carbonyl (C=O) groups is 6. The van der Waals surface area contributed by atoms with E-state index in [1.807, 2.05) is 0 Å². The zero-order valence-corrected chi connectivity index (χ0v) is 25.6. The van der Waals surface area contributed by atoms with Crippen LogP contribution in [0.5, 0.6) is 0 Å². The molecule has 1 unspecified atom stereocenters. The van der Waals surface area contributed by atoms with Crippen molar-refractivity contribution in [2.45, 2.75) is 78.0 Å². The van der Waals surface area contributed by atoms with Gasteiger partial charge in [-0.15, -0.1) is 0 Å². The standard InChI is InChI=1S/C29H34N2O15/c1-13(32)39-10-18-6-7-19-20(26(37)31-29-30-8-9-38-29)11-41-27(22(18)19)46-28-25(44-17(5)36)24(43-16(4)35)23(42-15(3)34)21(45-28)12-40-14(2)33/h6,8-9,11,19,21-25,27-28H,7,10,12H2,1-5H3,(H,30,31,37)/t19-,21-,22-,23-,24+,25-,27?,28+/m1/s1. The lowest BCUT2D eigenvalue weighted by atomic mass is 9.83.